The Bertz CT molecular complexity index is 520. The van der Waals surface area contributed by atoms with Gasteiger partial charge in [0.05, 0.1) is 18.5 Å². The van der Waals surface area contributed by atoms with Crippen LogP contribution >= 0.6 is 11.6 Å². The number of aromatic nitrogens is 2. The van der Waals surface area contributed by atoms with Gasteiger partial charge in [-0.25, -0.2) is 9.97 Å². The molecule has 5 nitrogen and oxygen atoms in total. The first-order chi connectivity index (χ1) is 9.29. The molecular weight excluding hydrogens is 266 g/mol. The Kier molecular flexibility index (Phi) is 4.94. The molecule has 100 valence electrons. The molecule has 0 unspecified atom stereocenters. The largest absolute Gasteiger partial charge is 0.475 e. The maximum atomic E-state index is 8.63. The van der Waals surface area contributed by atoms with Crippen LogP contribution in [0.1, 0.15) is 5.56 Å². The maximum absolute atomic E-state index is 8.63. The summed E-state index contributed by atoms with van der Waals surface area (Å²) in [6.45, 7) is 0.789. The van der Waals surface area contributed by atoms with Crippen molar-refractivity contribution in [1.29, 1.82) is 0 Å². The number of aliphatic hydroxyl groups excluding tert-OH is 1. The molecular formula is C13H14ClN3O2. The molecule has 0 saturated carbocycles. The SMILES string of the molecule is OCCOc1ccc(NCc2cccnc2Cl)cn1. The normalized spacial score (nSPS) is 10.2. The van der Waals surface area contributed by atoms with Gasteiger partial charge in [0.2, 0.25) is 5.88 Å². The third-order valence-electron chi connectivity index (χ3n) is 2.40. The summed E-state index contributed by atoms with van der Waals surface area (Å²) in [4.78, 5) is 8.11. The van der Waals surface area contributed by atoms with Crippen LogP contribution in [0, 0.1) is 0 Å². The molecule has 0 aliphatic heterocycles. The smallest absolute Gasteiger partial charge is 0.213 e. The van der Waals surface area contributed by atoms with Crippen molar-refractivity contribution in [2.24, 2.45) is 0 Å². The first-order valence-electron chi connectivity index (χ1n) is 5.82. The fourth-order valence-electron chi connectivity index (χ4n) is 1.47. The van der Waals surface area contributed by atoms with Crippen LogP contribution in [0.15, 0.2) is 36.7 Å². The van der Waals surface area contributed by atoms with Crippen molar-refractivity contribution in [3.63, 3.8) is 0 Å². The van der Waals surface area contributed by atoms with Crippen molar-refractivity contribution >= 4 is 17.3 Å². The number of anilines is 1. The molecule has 19 heavy (non-hydrogen) atoms. The highest BCUT2D eigenvalue weighted by Gasteiger charge is 2.01. The second-order valence-corrected chi connectivity index (χ2v) is 4.12. The summed E-state index contributed by atoms with van der Waals surface area (Å²) < 4.78 is 5.17. The fraction of sp³-hybridized carbons (Fsp3) is 0.231. The van der Waals surface area contributed by atoms with Gasteiger partial charge in [-0.05, 0) is 12.1 Å². The van der Waals surface area contributed by atoms with E-state index in [2.05, 4.69) is 15.3 Å². The molecule has 0 aromatic carbocycles. The third-order valence-corrected chi connectivity index (χ3v) is 2.74. The molecule has 2 rings (SSSR count). The summed E-state index contributed by atoms with van der Waals surface area (Å²) in [6.07, 6.45) is 3.32. The van der Waals surface area contributed by atoms with E-state index in [0.717, 1.165) is 11.3 Å². The molecule has 0 aliphatic rings. The summed E-state index contributed by atoms with van der Waals surface area (Å²) in [5, 5.41) is 12.3. The predicted octanol–water partition coefficient (Wildman–Crippen LogP) is 2.11. The lowest BCUT2D eigenvalue weighted by molar-refractivity contribution is 0.196. The lowest BCUT2D eigenvalue weighted by Crippen LogP contribution is -2.04. The van der Waals surface area contributed by atoms with E-state index in [1.54, 1.807) is 18.5 Å². The van der Waals surface area contributed by atoms with Crippen LogP contribution in [-0.4, -0.2) is 28.3 Å². The average molecular weight is 280 g/mol. The van der Waals surface area contributed by atoms with Gasteiger partial charge in [-0.15, -0.1) is 0 Å². The number of nitrogens with zero attached hydrogens (tertiary/aromatic N) is 2. The molecule has 2 aromatic rings. The minimum atomic E-state index is -0.0266. The maximum Gasteiger partial charge on any atom is 0.213 e. The lowest BCUT2D eigenvalue weighted by atomic mass is 10.3. The summed E-state index contributed by atoms with van der Waals surface area (Å²) in [5.74, 6) is 0.485. The van der Waals surface area contributed by atoms with E-state index in [1.165, 1.54) is 0 Å². The van der Waals surface area contributed by atoms with Gasteiger partial charge < -0.3 is 15.2 Å². The minimum Gasteiger partial charge on any atom is -0.475 e. The van der Waals surface area contributed by atoms with Gasteiger partial charge in [0, 0.05) is 24.4 Å². The molecule has 0 aliphatic carbocycles. The van der Waals surface area contributed by atoms with E-state index in [9.17, 15) is 0 Å². The number of pyridine rings is 2. The summed E-state index contributed by atoms with van der Waals surface area (Å²) >= 11 is 5.96. The van der Waals surface area contributed by atoms with Crippen molar-refractivity contribution in [2.75, 3.05) is 18.5 Å². The number of halogens is 1. The number of nitrogens with one attached hydrogen (secondary N) is 1. The highest BCUT2D eigenvalue weighted by atomic mass is 35.5. The van der Waals surface area contributed by atoms with Crippen LogP contribution in [0.3, 0.4) is 0 Å². The molecule has 0 radical (unpaired) electrons. The molecule has 0 bridgehead atoms. The van der Waals surface area contributed by atoms with Gasteiger partial charge in [-0.2, -0.15) is 0 Å². The van der Waals surface area contributed by atoms with Gasteiger partial charge in [0.15, 0.2) is 0 Å². The summed E-state index contributed by atoms with van der Waals surface area (Å²) in [5.41, 5.74) is 1.78. The Balaban J connectivity index is 1.91. The van der Waals surface area contributed by atoms with Crippen LogP contribution in [-0.2, 0) is 6.54 Å². The van der Waals surface area contributed by atoms with E-state index in [0.29, 0.717) is 17.6 Å². The van der Waals surface area contributed by atoms with E-state index < -0.39 is 0 Å². The van der Waals surface area contributed by atoms with Crippen LogP contribution in [0.4, 0.5) is 5.69 Å². The fourth-order valence-corrected chi connectivity index (χ4v) is 1.66. The Morgan fingerprint density at radius 1 is 1.26 bits per heavy atom. The zero-order valence-electron chi connectivity index (χ0n) is 10.2. The zero-order chi connectivity index (χ0) is 13.5. The summed E-state index contributed by atoms with van der Waals surface area (Å²) in [6, 6.07) is 7.34. The van der Waals surface area contributed by atoms with Gasteiger partial charge in [0.1, 0.15) is 11.8 Å². The van der Waals surface area contributed by atoms with Crippen molar-refractivity contribution in [1.82, 2.24) is 9.97 Å². The van der Waals surface area contributed by atoms with Crippen molar-refractivity contribution in [2.45, 2.75) is 6.54 Å². The highest BCUT2D eigenvalue weighted by Crippen LogP contribution is 2.15. The quantitative estimate of drug-likeness (QED) is 0.793. The highest BCUT2D eigenvalue weighted by molar-refractivity contribution is 6.30. The van der Waals surface area contributed by atoms with Crippen LogP contribution in [0.25, 0.3) is 0 Å². The van der Waals surface area contributed by atoms with Crippen LogP contribution < -0.4 is 10.1 Å². The van der Waals surface area contributed by atoms with E-state index >= 15 is 0 Å². The molecule has 2 aromatic heterocycles. The average Bonchev–Trinajstić information content (AvgIpc) is 2.45. The van der Waals surface area contributed by atoms with Crippen LogP contribution in [0.5, 0.6) is 5.88 Å². The Morgan fingerprint density at radius 2 is 2.16 bits per heavy atom. The molecule has 0 saturated heterocycles. The van der Waals surface area contributed by atoms with Gasteiger partial charge in [-0.1, -0.05) is 17.7 Å². The number of rotatable bonds is 6. The van der Waals surface area contributed by atoms with Gasteiger partial charge in [-0.3, -0.25) is 0 Å². The standard InChI is InChI=1S/C13H14ClN3O2/c14-13-10(2-1-5-15-13)8-16-11-3-4-12(17-9-11)19-7-6-18/h1-5,9,16,18H,6-8H2. The molecule has 2 heterocycles. The predicted molar refractivity (Wildman–Crippen MR) is 73.4 cm³/mol. The molecule has 0 fully saturated rings. The molecule has 0 spiro atoms. The Morgan fingerprint density at radius 3 is 2.84 bits per heavy atom. The lowest BCUT2D eigenvalue weighted by Gasteiger charge is -2.08. The zero-order valence-corrected chi connectivity index (χ0v) is 11.0. The topological polar surface area (TPSA) is 67.3 Å². The number of ether oxygens (including phenoxy) is 1. The van der Waals surface area contributed by atoms with Crippen LogP contribution in [0.2, 0.25) is 5.15 Å². The molecule has 2 N–H and O–H groups in total. The monoisotopic (exact) mass is 279 g/mol. The van der Waals surface area contributed by atoms with E-state index in [4.69, 9.17) is 21.4 Å². The van der Waals surface area contributed by atoms with E-state index in [1.807, 2.05) is 18.2 Å². The van der Waals surface area contributed by atoms with Gasteiger partial charge >= 0.3 is 0 Å². The second kappa shape index (κ2) is 6.92. The van der Waals surface area contributed by atoms with Crippen molar-refractivity contribution in [3.8, 4) is 5.88 Å². The number of hydrogen-bond acceptors (Lipinski definition) is 5. The van der Waals surface area contributed by atoms with E-state index in [-0.39, 0.29) is 13.2 Å². The molecule has 6 heteroatoms. The molecule has 0 amide bonds. The first kappa shape index (κ1) is 13.6. The summed E-state index contributed by atoms with van der Waals surface area (Å²) in [7, 11) is 0. The second-order valence-electron chi connectivity index (χ2n) is 3.76. The molecule has 0 atom stereocenters. The van der Waals surface area contributed by atoms with Crippen molar-refractivity contribution in [3.05, 3.63) is 47.4 Å². The number of aliphatic hydroxyl groups is 1. The Hall–Kier alpha value is -1.85. The van der Waals surface area contributed by atoms with Crippen molar-refractivity contribution < 1.29 is 9.84 Å². The third kappa shape index (κ3) is 4.08. The Labute approximate surface area is 116 Å². The first-order valence-corrected chi connectivity index (χ1v) is 6.20. The van der Waals surface area contributed by atoms with Gasteiger partial charge in [0.25, 0.3) is 0 Å². The number of hydrogen-bond donors (Lipinski definition) is 2. The minimum absolute atomic E-state index is 0.0266.